The van der Waals surface area contributed by atoms with Gasteiger partial charge in [-0.05, 0) is 31.2 Å². The Morgan fingerprint density at radius 2 is 1.70 bits per heavy atom. The number of hydrogen-bond donors (Lipinski definition) is 1. The first-order chi connectivity index (χ1) is 9.65. The molecule has 1 aliphatic rings. The van der Waals surface area contributed by atoms with E-state index in [9.17, 15) is 8.78 Å². The Morgan fingerprint density at radius 3 is 2.35 bits per heavy atom. The van der Waals surface area contributed by atoms with Gasteiger partial charge in [-0.1, -0.05) is 24.3 Å². The summed E-state index contributed by atoms with van der Waals surface area (Å²) in [5.41, 5.74) is 8.25. The maximum Gasteiger partial charge on any atom is 0.263 e. The highest BCUT2D eigenvalue weighted by atomic mass is 32.1. The minimum atomic E-state index is -2.44. The largest absolute Gasteiger partial charge is 0.318 e. The molecule has 1 aromatic carbocycles. The molecule has 0 saturated heterocycles. The average Bonchev–Trinajstić information content (AvgIpc) is 2.90. The Labute approximate surface area is 120 Å². The number of benzene rings is 1. The number of nitrogens with two attached hydrogens (primary N) is 1. The number of fused-ring (bicyclic) bond motifs is 1. The summed E-state index contributed by atoms with van der Waals surface area (Å²) in [4.78, 5) is 5.97. The Bertz CT molecular complexity index is 569. The zero-order valence-corrected chi connectivity index (χ0v) is 11.8. The molecule has 0 fully saturated rings. The lowest BCUT2D eigenvalue weighted by Gasteiger charge is -2.09. The van der Waals surface area contributed by atoms with Crippen LogP contribution in [0.4, 0.5) is 8.78 Å². The smallest absolute Gasteiger partial charge is 0.263 e. The van der Waals surface area contributed by atoms with Crippen molar-refractivity contribution < 1.29 is 8.78 Å². The number of halogens is 2. The van der Waals surface area contributed by atoms with Crippen LogP contribution >= 0.6 is 11.3 Å². The van der Waals surface area contributed by atoms with E-state index in [-0.39, 0.29) is 11.6 Å². The van der Waals surface area contributed by atoms with Gasteiger partial charge in [-0.25, -0.2) is 13.8 Å². The Balaban J connectivity index is 1.84. The van der Waals surface area contributed by atoms with Gasteiger partial charge in [0.25, 0.3) is 6.43 Å². The summed E-state index contributed by atoms with van der Waals surface area (Å²) in [6, 6.07) is 5.90. The molecule has 0 bridgehead atoms. The van der Waals surface area contributed by atoms with Crippen LogP contribution in [-0.2, 0) is 12.8 Å². The fraction of sp³-hybridized carbons (Fsp3) is 0.400. The monoisotopic (exact) mass is 294 g/mol. The average molecular weight is 294 g/mol. The number of aryl methyl sites for hydroxylation is 2. The predicted molar refractivity (Wildman–Crippen MR) is 76.2 cm³/mol. The summed E-state index contributed by atoms with van der Waals surface area (Å²) in [6.45, 7) is 0. The molecule has 0 saturated carbocycles. The number of nitrogens with zero attached hydrogens (tertiary/aromatic N) is 1. The van der Waals surface area contributed by atoms with E-state index in [1.54, 1.807) is 23.5 Å². The topological polar surface area (TPSA) is 38.9 Å². The van der Waals surface area contributed by atoms with Crippen LogP contribution in [0.5, 0.6) is 0 Å². The first-order valence-corrected chi connectivity index (χ1v) is 7.59. The van der Waals surface area contributed by atoms with Gasteiger partial charge < -0.3 is 5.73 Å². The van der Waals surface area contributed by atoms with Crippen LogP contribution in [0.1, 0.15) is 52.0 Å². The normalized spacial score (nSPS) is 16.2. The summed E-state index contributed by atoms with van der Waals surface area (Å²) >= 11 is 1.66. The van der Waals surface area contributed by atoms with Gasteiger partial charge in [0.1, 0.15) is 5.01 Å². The maximum absolute atomic E-state index is 12.5. The van der Waals surface area contributed by atoms with E-state index in [1.165, 1.54) is 35.5 Å². The third kappa shape index (κ3) is 2.60. The Morgan fingerprint density at radius 1 is 1.05 bits per heavy atom. The molecule has 1 aromatic heterocycles. The molecule has 2 N–H and O–H groups in total. The number of thiazole rings is 1. The zero-order valence-electron chi connectivity index (χ0n) is 11.0. The van der Waals surface area contributed by atoms with Gasteiger partial charge in [0.15, 0.2) is 0 Å². The molecule has 1 unspecified atom stereocenters. The van der Waals surface area contributed by atoms with E-state index in [0.29, 0.717) is 0 Å². The number of alkyl halides is 2. The highest BCUT2D eigenvalue weighted by Crippen LogP contribution is 2.32. The molecule has 0 spiro atoms. The molecule has 2 aromatic rings. The van der Waals surface area contributed by atoms with Crippen LogP contribution in [0.2, 0.25) is 0 Å². The fourth-order valence-electron chi connectivity index (χ4n) is 2.50. The van der Waals surface area contributed by atoms with E-state index in [1.807, 2.05) is 0 Å². The molecular formula is C15H16F2N2S. The highest BCUT2D eigenvalue weighted by Gasteiger charge is 2.20. The van der Waals surface area contributed by atoms with Crippen LogP contribution < -0.4 is 5.73 Å². The van der Waals surface area contributed by atoms with Crippen molar-refractivity contribution in [3.05, 3.63) is 51.0 Å². The molecule has 106 valence electrons. The van der Waals surface area contributed by atoms with Crippen molar-refractivity contribution in [1.82, 2.24) is 4.98 Å². The third-order valence-electron chi connectivity index (χ3n) is 3.68. The molecule has 1 heterocycles. The van der Waals surface area contributed by atoms with Crippen molar-refractivity contribution in [3.8, 4) is 0 Å². The number of hydrogen-bond acceptors (Lipinski definition) is 3. The zero-order chi connectivity index (χ0) is 14.1. The van der Waals surface area contributed by atoms with Crippen molar-refractivity contribution >= 4 is 11.3 Å². The standard InChI is InChI=1S/C15H16F2N2S/c16-14(17)10-7-5-9(6-8-10)13(18)15-19-11-3-1-2-4-12(11)20-15/h5-8,13-14H,1-4,18H2. The van der Waals surface area contributed by atoms with Crippen molar-refractivity contribution in [2.24, 2.45) is 5.73 Å². The van der Waals surface area contributed by atoms with Crippen molar-refractivity contribution in [2.45, 2.75) is 38.2 Å². The van der Waals surface area contributed by atoms with Gasteiger partial charge in [-0.2, -0.15) is 0 Å². The minimum Gasteiger partial charge on any atom is -0.318 e. The van der Waals surface area contributed by atoms with Gasteiger partial charge >= 0.3 is 0 Å². The highest BCUT2D eigenvalue weighted by molar-refractivity contribution is 7.11. The van der Waals surface area contributed by atoms with Gasteiger partial charge in [-0.15, -0.1) is 11.3 Å². The van der Waals surface area contributed by atoms with E-state index in [0.717, 1.165) is 23.4 Å². The van der Waals surface area contributed by atoms with E-state index >= 15 is 0 Å². The van der Waals surface area contributed by atoms with Crippen LogP contribution in [0.15, 0.2) is 24.3 Å². The first kappa shape index (κ1) is 13.6. The second-order valence-corrected chi connectivity index (χ2v) is 6.19. The van der Waals surface area contributed by atoms with Crippen LogP contribution in [-0.4, -0.2) is 4.98 Å². The van der Waals surface area contributed by atoms with Crippen LogP contribution in [0.25, 0.3) is 0 Å². The predicted octanol–water partition coefficient (Wildman–Crippen LogP) is 4.01. The molecule has 3 rings (SSSR count). The molecule has 5 heteroatoms. The number of aromatic nitrogens is 1. The third-order valence-corrected chi connectivity index (χ3v) is 4.92. The van der Waals surface area contributed by atoms with E-state index < -0.39 is 6.43 Å². The summed E-state index contributed by atoms with van der Waals surface area (Å²) < 4.78 is 25.1. The molecule has 2 nitrogen and oxygen atoms in total. The van der Waals surface area contributed by atoms with Gasteiger partial charge in [0.05, 0.1) is 11.7 Å². The lowest BCUT2D eigenvalue weighted by molar-refractivity contribution is 0.151. The molecule has 1 atom stereocenters. The quantitative estimate of drug-likeness (QED) is 0.929. The second-order valence-electron chi connectivity index (χ2n) is 5.07. The van der Waals surface area contributed by atoms with E-state index in [4.69, 9.17) is 5.73 Å². The van der Waals surface area contributed by atoms with Gasteiger partial charge in [0.2, 0.25) is 0 Å². The van der Waals surface area contributed by atoms with Crippen LogP contribution in [0, 0.1) is 0 Å². The first-order valence-electron chi connectivity index (χ1n) is 6.77. The maximum atomic E-state index is 12.5. The van der Waals surface area contributed by atoms with Crippen molar-refractivity contribution in [3.63, 3.8) is 0 Å². The Kier molecular flexibility index (Phi) is 3.81. The molecule has 0 radical (unpaired) electrons. The van der Waals surface area contributed by atoms with Crippen molar-refractivity contribution in [1.29, 1.82) is 0 Å². The SMILES string of the molecule is NC(c1ccc(C(F)F)cc1)c1nc2c(s1)CCCC2. The lowest BCUT2D eigenvalue weighted by Crippen LogP contribution is -2.11. The number of rotatable bonds is 3. The molecular weight excluding hydrogens is 278 g/mol. The second kappa shape index (κ2) is 5.58. The van der Waals surface area contributed by atoms with Crippen molar-refractivity contribution in [2.75, 3.05) is 0 Å². The molecule has 0 aliphatic heterocycles. The van der Waals surface area contributed by atoms with Gasteiger partial charge in [-0.3, -0.25) is 0 Å². The lowest BCUT2D eigenvalue weighted by atomic mass is 10.0. The molecule has 0 amide bonds. The molecule has 1 aliphatic carbocycles. The van der Waals surface area contributed by atoms with Gasteiger partial charge in [0, 0.05) is 10.4 Å². The van der Waals surface area contributed by atoms with Crippen LogP contribution in [0.3, 0.4) is 0 Å². The summed E-state index contributed by atoms with van der Waals surface area (Å²) in [5.74, 6) is 0. The Hall–Kier alpha value is -1.33. The summed E-state index contributed by atoms with van der Waals surface area (Å²) in [5, 5.41) is 0.890. The molecule has 20 heavy (non-hydrogen) atoms. The summed E-state index contributed by atoms with van der Waals surface area (Å²) in [7, 11) is 0. The van der Waals surface area contributed by atoms with E-state index in [2.05, 4.69) is 4.98 Å². The summed E-state index contributed by atoms with van der Waals surface area (Å²) in [6.07, 6.45) is 2.08. The fourth-order valence-corrected chi connectivity index (χ4v) is 3.68. The minimum absolute atomic E-state index is 0.0272.